The molecule has 0 unspecified atom stereocenters. The summed E-state index contributed by atoms with van der Waals surface area (Å²) in [4.78, 5) is 7.95. The van der Waals surface area contributed by atoms with E-state index in [0.29, 0.717) is 0 Å². The predicted molar refractivity (Wildman–Crippen MR) is 378 cm³/mol. The number of furan rings is 1. The van der Waals surface area contributed by atoms with E-state index < -0.39 is 0 Å². The largest absolute Gasteiger partial charge is 0.468 e. The monoisotopic (exact) mass is 1030 g/mol. The number of anilines is 9. The van der Waals surface area contributed by atoms with E-state index in [2.05, 4.69) is 274 Å². The van der Waals surface area contributed by atoms with Crippen molar-refractivity contribution in [1.29, 1.82) is 0 Å². The lowest BCUT2D eigenvalue weighted by atomic mass is 9.35. The summed E-state index contributed by atoms with van der Waals surface area (Å²) >= 11 is 0. The molecule has 3 heterocycles. The maximum Gasteiger partial charge on any atom is 0.297 e. The Kier molecular flexibility index (Phi) is 12.8. The minimum Gasteiger partial charge on any atom is -0.468 e. The van der Waals surface area contributed by atoms with E-state index in [0.717, 1.165) is 52.2 Å². The lowest BCUT2D eigenvalue weighted by Crippen LogP contribution is -2.61. The topological polar surface area (TPSA) is 22.9 Å². The van der Waals surface area contributed by atoms with Crippen LogP contribution in [0.2, 0.25) is 0 Å². The zero-order valence-electron chi connectivity index (χ0n) is 52.4. The van der Waals surface area contributed by atoms with Crippen LogP contribution in [0.1, 0.15) is 131 Å². The highest BCUT2D eigenvalue weighted by Crippen LogP contribution is 2.53. The molecule has 0 N–H and O–H groups in total. The Bertz CT molecular complexity index is 3750. The molecule has 0 spiro atoms. The van der Waals surface area contributed by atoms with E-state index in [9.17, 15) is 0 Å². The Morgan fingerprint density at radius 3 is 1.29 bits per heavy atom. The van der Waals surface area contributed by atoms with Crippen LogP contribution in [0.25, 0.3) is 11.0 Å². The fourth-order valence-corrected chi connectivity index (χ4v) is 13.9. The number of benzene rings is 7. The molecule has 4 nitrogen and oxygen atoms in total. The first-order valence-corrected chi connectivity index (χ1v) is 29.4. The number of fused-ring (bicyclic) bond motifs is 7. The quantitative estimate of drug-likeness (QED) is 0.203. The molecule has 11 rings (SSSR count). The van der Waals surface area contributed by atoms with Gasteiger partial charge in [0.2, 0.25) is 0 Å². The molecule has 0 saturated carbocycles. The highest BCUT2D eigenvalue weighted by atomic mass is 16.3. The number of hydrogen-bond acceptors (Lipinski definition) is 4. The summed E-state index contributed by atoms with van der Waals surface area (Å²) in [5.41, 5.74) is 35.1. The molecular weight excluding hydrogens is 946 g/mol. The molecule has 0 bridgehead atoms. The van der Waals surface area contributed by atoms with Gasteiger partial charge in [-0.3, -0.25) is 0 Å². The van der Waals surface area contributed by atoms with Gasteiger partial charge in [0, 0.05) is 45.2 Å². The van der Waals surface area contributed by atoms with Gasteiger partial charge in [0.05, 0.1) is 17.0 Å². The van der Waals surface area contributed by atoms with Crippen molar-refractivity contribution in [3.05, 3.63) is 119 Å². The van der Waals surface area contributed by atoms with Crippen molar-refractivity contribution in [2.24, 2.45) is 0 Å². The van der Waals surface area contributed by atoms with Crippen molar-refractivity contribution in [2.45, 2.75) is 130 Å². The molecule has 0 amide bonds. The van der Waals surface area contributed by atoms with E-state index in [1.54, 1.807) is 0 Å². The van der Waals surface area contributed by atoms with Gasteiger partial charge >= 0.3 is 0 Å². The standard InChI is InChI=1S/C64H78B11N3O/c1-60(2,3)31-14-19-34(20-15-31)76-41-30-39-38(63(10,11)24-25-64(39,12)13)29-40(41)75-55-42(76)27-36(78(57-51(71)47(67)45(65)48(68)52(57)72)58-53(73)49(69)46(66)50(70)54(58)74)28-43(55)77(35-21-16-32(17-22-35)61(4,5)6)56-37-26-33(62(7,8)9)18-23-44(37)79-59(56)75/h14-23,26-30H,24-25,65-74H2,1-13H3. The molecule has 2 aliphatic heterocycles. The summed E-state index contributed by atoms with van der Waals surface area (Å²) in [6, 6.07) is 36.4. The fourth-order valence-electron chi connectivity index (χ4n) is 13.9. The van der Waals surface area contributed by atoms with Gasteiger partial charge < -0.3 is 19.1 Å². The zero-order valence-corrected chi connectivity index (χ0v) is 52.4. The molecular formula is C64H78B11N3O. The molecule has 8 aromatic rings. The molecule has 0 radical (unpaired) electrons. The third kappa shape index (κ3) is 8.53. The van der Waals surface area contributed by atoms with E-state index >= 15 is 0 Å². The first-order valence-electron chi connectivity index (χ1n) is 29.4. The molecule has 3 aliphatic rings. The van der Waals surface area contributed by atoms with Gasteiger partial charge in [-0.2, -0.15) is 0 Å². The molecule has 388 valence electrons. The zero-order chi connectivity index (χ0) is 57.3. The van der Waals surface area contributed by atoms with E-state index in [-0.39, 0.29) is 33.8 Å². The van der Waals surface area contributed by atoms with Crippen molar-refractivity contribution in [1.82, 2.24) is 0 Å². The summed E-state index contributed by atoms with van der Waals surface area (Å²) in [6.45, 7) is 30.6. The molecule has 0 atom stereocenters. The van der Waals surface area contributed by atoms with Crippen LogP contribution < -0.4 is 85.9 Å². The SMILES string of the molecule is Bc1c(B)c(B)c(N(c2cc3c4c(c2)N(c2ccc(C(C)(C)C)cc2)c2c(oc5ccc(C(C)(C)C)cc25)B4c2cc4c(cc2N3c2ccc(C(C)(C)C)cc2)C(C)(C)CCC4(C)C)c2c(B)c(B)c(B)c(B)c2B)c(B)c1B. The minimum absolute atomic E-state index is 0.00861. The van der Waals surface area contributed by atoms with Crippen molar-refractivity contribution in [3.8, 4) is 0 Å². The molecule has 1 aliphatic carbocycles. The third-order valence-electron chi connectivity index (χ3n) is 20.1. The van der Waals surface area contributed by atoms with Crippen LogP contribution >= 0.6 is 0 Å². The number of hydrogen-bond donors (Lipinski definition) is 0. The van der Waals surface area contributed by atoms with Gasteiger partial charge in [-0.25, -0.2) is 0 Å². The predicted octanol–water partition coefficient (Wildman–Crippen LogP) is -1.19. The van der Waals surface area contributed by atoms with E-state index in [4.69, 9.17) is 4.42 Å². The van der Waals surface area contributed by atoms with Crippen LogP contribution in [-0.2, 0) is 27.1 Å². The maximum atomic E-state index is 7.61. The minimum atomic E-state index is -0.205. The fraction of sp³-hybridized carbons (Fsp3) is 0.312. The van der Waals surface area contributed by atoms with Crippen LogP contribution in [0.15, 0.2) is 95.4 Å². The molecule has 1 aromatic heterocycles. The van der Waals surface area contributed by atoms with Crippen LogP contribution in [0, 0.1) is 0 Å². The molecule has 0 saturated heterocycles. The summed E-state index contributed by atoms with van der Waals surface area (Å²) in [6.07, 6.45) is 2.26. The summed E-state index contributed by atoms with van der Waals surface area (Å²) in [7, 11) is 23.4. The first kappa shape index (κ1) is 55.1. The average molecular weight is 1020 g/mol. The second-order valence-electron chi connectivity index (χ2n) is 28.9. The Labute approximate surface area is 483 Å². The van der Waals surface area contributed by atoms with Gasteiger partial charge in [0.1, 0.15) is 84.0 Å². The Balaban J connectivity index is 1.37. The van der Waals surface area contributed by atoms with Gasteiger partial charge in [0.15, 0.2) is 0 Å². The van der Waals surface area contributed by atoms with Gasteiger partial charge in [-0.05, 0) is 133 Å². The van der Waals surface area contributed by atoms with Gasteiger partial charge in [-0.15, -0.1) is 10.9 Å². The Morgan fingerprint density at radius 1 is 0.456 bits per heavy atom. The third-order valence-corrected chi connectivity index (χ3v) is 20.1. The van der Waals surface area contributed by atoms with Crippen LogP contribution in [0.4, 0.5) is 51.2 Å². The van der Waals surface area contributed by atoms with Crippen LogP contribution in [-0.4, -0.2) is 85.2 Å². The van der Waals surface area contributed by atoms with Crippen LogP contribution in [0.3, 0.4) is 0 Å². The summed E-state index contributed by atoms with van der Waals surface area (Å²) < 4.78 is 7.61. The molecule has 0 fully saturated rings. The first-order chi connectivity index (χ1) is 36.7. The Hall–Kier alpha value is -5.81. The van der Waals surface area contributed by atoms with E-state index in [1.807, 2.05) is 0 Å². The number of nitrogens with zero attached hydrogens (tertiary/aromatic N) is 3. The number of rotatable bonds is 5. The normalized spacial score (nSPS) is 15.4. The highest BCUT2D eigenvalue weighted by molar-refractivity contribution is 7.00. The lowest BCUT2D eigenvalue weighted by Gasteiger charge is -2.47. The van der Waals surface area contributed by atoms with Gasteiger partial charge in [0.25, 0.3) is 6.71 Å². The van der Waals surface area contributed by atoms with Crippen LogP contribution in [0.5, 0.6) is 0 Å². The second-order valence-corrected chi connectivity index (χ2v) is 28.9. The molecule has 79 heavy (non-hydrogen) atoms. The van der Waals surface area contributed by atoms with Gasteiger partial charge in [-0.1, -0.05) is 170 Å². The average Bonchev–Trinajstić information content (AvgIpc) is 4.01. The molecule has 7 aromatic carbocycles. The summed E-state index contributed by atoms with van der Waals surface area (Å²) in [5.74, 6) is 0. The Morgan fingerprint density at radius 2 is 0.848 bits per heavy atom. The van der Waals surface area contributed by atoms with Crippen molar-refractivity contribution in [3.63, 3.8) is 0 Å². The van der Waals surface area contributed by atoms with E-state index in [1.165, 1.54) is 122 Å². The van der Waals surface area contributed by atoms with Crippen molar-refractivity contribution in [2.75, 3.05) is 14.7 Å². The second kappa shape index (κ2) is 18.4. The summed E-state index contributed by atoms with van der Waals surface area (Å²) in [5, 5.41) is 1.14. The van der Waals surface area contributed by atoms with Crippen molar-refractivity contribution < 1.29 is 4.42 Å². The highest BCUT2D eigenvalue weighted by Gasteiger charge is 2.50. The lowest BCUT2D eigenvalue weighted by molar-refractivity contribution is 0.332. The van der Waals surface area contributed by atoms with Crippen molar-refractivity contribution >= 4 is 219 Å². The smallest absolute Gasteiger partial charge is 0.297 e. The maximum absolute atomic E-state index is 7.61. The molecule has 15 heteroatoms.